The zero-order valence-electron chi connectivity index (χ0n) is 15.5. The maximum absolute atomic E-state index is 12.9. The molecule has 0 aromatic carbocycles. The Kier molecular flexibility index (Phi) is 4.91. The van der Waals surface area contributed by atoms with Crippen molar-refractivity contribution in [1.82, 2.24) is 9.80 Å². The van der Waals surface area contributed by atoms with E-state index in [1.165, 1.54) is 0 Å². The van der Waals surface area contributed by atoms with E-state index in [9.17, 15) is 9.59 Å². The van der Waals surface area contributed by atoms with Crippen LogP contribution < -0.4 is 5.73 Å². The molecule has 25 heavy (non-hydrogen) atoms. The summed E-state index contributed by atoms with van der Waals surface area (Å²) in [6.07, 6.45) is 3.95. The monoisotopic (exact) mass is 347 g/mol. The van der Waals surface area contributed by atoms with E-state index >= 15 is 0 Å². The van der Waals surface area contributed by atoms with Crippen LogP contribution in [0.15, 0.2) is 10.5 Å². The molecule has 1 aliphatic carbocycles. The molecule has 1 saturated heterocycles. The minimum atomic E-state index is -0.409. The summed E-state index contributed by atoms with van der Waals surface area (Å²) in [7, 11) is 0. The Morgan fingerprint density at radius 3 is 2.36 bits per heavy atom. The van der Waals surface area contributed by atoms with Gasteiger partial charge in [0.2, 0.25) is 5.91 Å². The van der Waals surface area contributed by atoms with Crippen molar-refractivity contribution in [1.29, 1.82) is 0 Å². The lowest BCUT2D eigenvalue weighted by Crippen LogP contribution is -2.57. The summed E-state index contributed by atoms with van der Waals surface area (Å²) in [6.45, 7) is 7.92. The van der Waals surface area contributed by atoms with E-state index in [-0.39, 0.29) is 17.7 Å². The molecule has 1 aromatic rings. The summed E-state index contributed by atoms with van der Waals surface area (Å²) >= 11 is 0. The van der Waals surface area contributed by atoms with Gasteiger partial charge in [0.05, 0.1) is 11.5 Å². The minimum Gasteiger partial charge on any atom is -0.466 e. The molecule has 3 rings (SSSR count). The second-order valence-corrected chi connectivity index (χ2v) is 7.75. The Hall–Kier alpha value is -1.82. The number of amides is 2. The third kappa shape index (κ3) is 3.59. The lowest BCUT2D eigenvalue weighted by molar-refractivity contribution is -0.140. The highest BCUT2D eigenvalue weighted by Gasteiger charge is 2.40. The molecule has 2 fully saturated rings. The fraction of sp³-hybridized carbons (Fsp3) is 0.684. The molecule has 2 amide bonds. The Morgan fingerprint density at radius 1 is 1.16 bits per heavy atom. The summed E-state index contributed by atoms with van der Waals surface area (Å²) in [6, 6.07) is 1.79. The second-order valence-electron chi connectivity index (χ2n) is 7.75. The van der Waals surface area contributed by atoms with Crippen LogP contribution in [0, 0.1) is 19.8 Å². The number of aryl methyl sites for hydroxylation is 2. The van der Waals surface area contributed by atoms with Gasteiger partial charge in [-0.3, -0.25) is 9.59 Å². The quantitative estimate of drug-likeness (QED) is 0.888. The van der Waals surface area contributed by atoms with Crippen LogP contribution in [-0.2, 0) is 4.79 Å². The average Bonchev–Trinajstić information content (AvgIpc) is 2.92. The SMILES string of the molecule is Cc1cc(C(=O)N2CCN(C(=O)C3CCCCC3(C)N)CC2)c(C)o1. The fourth-order valence-corrected chi connectivity index (χ4v) is 4.13. The normalized spacial score (nSPS) is 27.4. The van der Waals surface area contributed by atoms with Crippen LogP contribution in [0.4, 0.5) is 0 Å². The van der Waals surface area contributed by atoms with E-state index in [2.05, 4.69) is 0 Å². The zero-order chi connectivity index (χ0) is 18.2. The Morgan fingerprint density at radius 2 is 1.80 bits per heavy atom. The van der Waals surface area contributed by atoms with E-state index in [0.717, 1.165) is 31.4 Å². The molecular weight excluding hydrogens is 318 g/mol. The van der Waals surface area contributed by atoms with Gasteiger partial charge in [0, 0.05) is 31.7 Å². The summed E-state index contributed by atoms with van der Waals surface area (Å²) < 4.78 is 5.46. The van der Waals surface area contributed by atoms with Crippen LogP contribution in [0.3, 0.4) is 0 Å². The maximum atomic E-state index is 12.9. The number of hydrogen-bond donors (Lipinski definition) is 1. The Bertz CT molecular complexity index is 657. The van der Waals surface area contributed by atoms with Crippen molar-refractivity contribution >= 4 is 11.8 Å². The smallest absolute Gasteiger partial charge is 0.257 e. The number of nitrogens with two attached hydrogens (primary N) is 1. The first kappa shape index (κ1) is 18.0. The van der Waals surface area contributed by atoms with Crippen LogP contribution >= 0.6 is 0 Å². The van der Waals surface area contributed by atoms with Crippen LogP contribution in [0.25, 0.3) is 0 Å². The van der Waals surface area contributed by atoms with Gasteiger partial charge in [-0.1, -0.05) is 12.8 Å². The molecule has 0 spiro atoms. The highest BCUT2D eigenvalue weighted by Crippen LogP contribution is 2.33. The number of rotatable bonds is 2. The van der Waals surface area contributed by atoms with Gasteiger partial charge in [-0.15, -0.1) is 0 Å². The van der Waals surface area contributed by atoms with Gasteiger partial charge >= 0.3 is 0 Å². The molecule has 2 aliphatic rings. The minimum absolute atomic E-state index is 0.0113. The number of nitrogens with zero attached hydrogens (tertiary/aromatic N) is 2. The van der Waals surface area contributed by atoms with E-state index in [4.69, 9.17) is 10.2 Å². The van der Waals surface area contributed by atoms with Gasteiger partial charge in [0.15, 0.2) is 0 Å². The molecule has 2 N–H and O–H groups in total. The molecule has 0 bridgehead atoms. The van der Waals surface area contributed by atoms with Gasteiger partial charge in [0.1, 0.15) is 11.5 Å². The van der Waals surface area contributed by atoms with E-state index in [1.54, 1.807) is 6.07 Å². The van der Waals surface area contributed by atoms with Crippen molar-refractivity contribution in [2.75, 3.05) is 26.2 Å². The Balaban J connectivity index is 1.61. The molecule has 6 heteroatoms. The topological polar surface area (TPSA) is 79.8 Å². The Labute approximate surface area is 149 Å². The third-order valence-corrected chi connectivity index (χ3v) is 5.70. The van der Waals surface area contributed by atoms with Crippen LogP contribution in [0.2, 0.25) is 0 Å². The molecular formula is C19H29N3O3. The van der Waals surface area contributed by atoms with Crippen LogP contribution in [-0.4, -0.2) is 53.3 Å². The summed E-state index contributed by atoms with van der Waals surface area (Å²) in [5.74, 6) is 1.45. The van der Waals surface area contributed by atoms with Gasteiger partial charge < -0.3 is 20.0 Å². The van der Waals surface area contributed by atoms with Gasteiger partial charge in [-0.25, -0.2) is 0 Å². The number of hydrogen-bond acceptors (Lipinski definition) is 4. The molecule has 138 valence electrons. The van der Waals surface area contributed by atoms with E-state index < -0.39 is 5.54 Å². The summed E-state index contributed by atoms with van der Waals surface area (Å²) in [4.78, 5) is 29.3. The first-order valence-electron chi connectivity index (χ1n) is 9.23. The standard InChI is InChI=1S/C19H29N3O3/c1-13-12-15(14(2)25-13)17(23)21-8-10-22(11-9-21)18(24)16-6-4-5-7-19(16,3)20/h12,16H,4-11,20H2,1-3H3. The molecule has 0 radical (unpaired) electrons. The van der Waals surface area contributed by atoms with Crippen molar-refractivity contribution < 1.29 is 14.0 Å². The van der Waals surface area contributed by atoms with Crippen molar-refractivity contribution in [2.24, 2.45) is 11.7 Å². The van der Waals surface area contributed by atoms with E-state index in [1.807, 2.05) is 30.6 Å². The number of piperazine rings is 1. The highest BCUT2D eigenvalue weighted by molar-refractivity contribution is 5.95. The van der Waals surface area contributed by atoms with Crippen LogP contribution in [0.1, 0.15) is 54.5 Å². The molecule has 2 heterocycles. The predicted molar refractivity (Wildman–Crippen MR) is 95.2 cm³/mol. The molecule has 1 aliphatic heterocycles. The molecule has 2 unspecified atom stereocenters. The van der Waals surface area contributed by atoms with Gasteiger partial charge in [-0.2, -0.15) is 0 Å². The van der Waals surface area contributed by atoms with Crippen molar-refractivity contribution in [3.05, 3.63) is 23.2 Å². The summed E-state index contributed by atoms with van der Waals surface area (Å²) in [5.41, 5.74) is 6.59. The molecule has 6 nitrogen and oxygen atoms in total. The largest absolute Gasteiger partial charge is 0.466 e. The second kappa shape index (κ2) is 6.83. The van der Waals surface area contributed by atoms with Crippen molar-refractivity contribution in [3.8, 4) is 0 Å². The molecule has 1 saturated carbocycles. The van der Waals surface area contributed by atoms with E-state index in [0.29, 0.717) is 37.5 Å². The lowest BCUT2D eigenvalue weighted by Gasteiger charge is -2.42. The van der Waals surface area contributed by atoms with Crippen molar-refractivity contribution in [3.63, 3.8) is 0 Å². The fourth-order valence-electron chi connectivity index (χ4n) is 4.13. The lowest BCUT2D eigenvalue weighted by atomic mass is 9.74. The number of carbonyl (C=O) groups excluding carboxylic acids is 2. The number of carbonyl (C=O) groups is 2. The predicted octanol–water partition coefficient (Wildman–Crippen LogP) is 2.09. The highest BCUT2D eigenvalue weighted by atomic mass is 16.3. The average molecular weight is 347 g/mol. The van der Waals surface area contributed by atoms with Crippen LogP contribution in [0.5, 0.6) is 0 Å². The van der Waals surface area contributed by atoms with Gasteiger partial charge in [0.25, 0.3) is 5.91 Å². The third-order valence-electron chi connectivity index (χ3n) is 5.70. The first-order chi connectivity index (χ1) is 11.8. The zero-order valence-corrected chi connectivity index (χ0v) is 15.5. The van der Waals surface area contributed by atoms with Crippen molar-refractivity contribution in [2.45, 2.75) is 52.0 Å². The summed E-state index contributed by atoms with van der Waals surface area (Å²) in [5, 5.41) is 0. The number of furan rings is 1. The maximum Gasteiger partial charge on any atom is 0.257 e. The molecule has 1 aromatic heterocycles. The molecule has 2 atom stereocenters. The van der Waals surface area contributed by atoms with Gasteiger partial charge in [-0.05, 0) is 39.7 Å². The first-order valence-corrected chi connectivity index (χ1v) is 9.23.